The first-order chi connectivity index (χ1) is 11.6. The normalized spacial score (nSPS) is 24.2. The topological polar surface area (TPSA) is 52.2 Å². The monoisotopic (exact) mass is 338 g/mol. The summed E-state index contributed by atoms with van der Waals surface area (Å²) in [4.78, 5) is 11.4. The molecule has 0 saturated heterocycles. The van der Waals surface area contributed by atoms with Crippen LogP contribution in [0.3, 0.4) is 0 Å². The van der Waals surface area contributed by atoms with Gasteiger partial charge in [0.1, 0.15) is 0 Å². The molecule has 0 radical (unpaired) electrons. The number of nitrogens with one attached hydrogen (secondary N) is 1. The van der Waals surface area contributed by atoms with Crippen LogP contribution in [-0.4, -0.2) is 5.97 Å². The van der Waals surface area contributed by atoms with Crippen molar-refractivity contribution in [2.24, 2.45) is 5.92 Å². The molecule has 0 spiro atoms. The van der Waals surface area contributed by atoms with Crippen molar-refractivity contribution in [3.8, 4) is 0 Å². The van der Waals surface area contributed by atoms with E-state index in [1.54, 1.807) is 6.07 Å². The maximum atomic E-state index is 11.4. The highest BCUT2D eigenvalue weighted by Gasteiger charge is 2.38. The number of rotatable bonds is 2. The number of hydrogen-bond acceptors (Lipinski definition) is 3. The van der Waals surface area contributed by atoms with E-state index in [4.69, 9.17) is 11.6 Å². The van der Waals surface area contributed by atoms with Crippen LogP contribution in [0, 0.1) is 12.8 Å². The van der Waals surface area contributed by atoms with Crippen LogP contribution in [0.25, 0.3) is 0 Å². The Morgan fingerprint density at radius 2 is 1.96 bits per heavy atom. The molecular weight excluding hydrogens is 322 g/mol. The minimum Gasteiger partial charge on any atom is -0.545 e. The van der Waals surface area contributed by atoms with Gasteiger partial charge in [0.2, 0.25) is 0 Å². The number of carboxylic acid groups (broad SMARTS) is 1. The summed E-state index contributed by atoms with van der Waals surface area (Å²) in [6, 6.07) is 11.6. The minimum atomic E-state index is -1.13. The second-order valence-corrected chi connectivity index (χ2v) is 6.95. The molecule has 2 aliphatic rings. The number of benzene rings is 2. The lowest BCUT2D eigenvalue weighted by atomic mass is 9.76. The standard InChI is InChI=1S/C20H18ClNO2/c1-11-14(20(23)24)9-10-17-15-3-2-4-16(15)19(22-18(11)17)12-5-7-13(21)8-6-12/h2-3,5-10,15-16,19,22H,4H2,1H3,(H,23,24)/p-1/t15-,16+,19+/m1/s1. The van der Waals surface area contributed by atoms with E-state index in [9.17, 15) is 9.90 Å². The molecule has 0 aromatic heterocycles. The van der Waals surface area contributed by atoms with Gasteiger partial charge in [-0.05, 0) is 48.1 Å². The van der Waals surface area contributed by atoms with Crippen LogP contribution in [0.2, 0.25) is 5.02 Å². The lowest BCUT2D eigenvalue weighted by Gasteiger charge is -2.39. The molecule has 0 fully saturated rings. The fourth-order valence-electron chi connectivity index (χ4n) is 4.04. The van der Waals surface area contributed by atoms with Crippen LogP contribution in [0.15, 0.2) is 48.6 Å². The minimum absolute atomic E-state index is 0.130. The van der Waals surface area contributed by atoms with Crippen molar-refractivity contribution in [2.75, 3.05) is 5.32 Å². The molecule has 0 bridgehead atoms. The number of hydrogen-bond donors (Lipinski definition) is 1. The van der Waals surface area contributed by atoms with Crippen molar-refractivity contribution < 1.29 is 9.90 Å². The summed E-state index contributed by atoms with van der Waals surface area (Å²) in [7, 11) is 0. The quantitative estimate of drug-likeness (QED) is 0.846. The Balaban J connectivity index is 1.83. The van der Waals surface area contributed by atoms with Gasteiger partial charge in [-0.2, -0.15) is 0 Å². The molecular formula is C20H17ClNO2-. The zero-order valence-corrected chi connectivity index (χ0v) is 14.0. The van der Waals surface area contributed by atoms with Crippen LogP contribution in [0.1, 0.15) is 45.4 Å². The molecule has 3 nitrogen and oxygen atoms in total. The first-order valence-corrected chi connectivity index (χ1v) is 8.47. The molecule has 1 aliphatic heterocycles. The van der Waals surface area contributed by atoms with E-state index < -0.39 is 5.97 Å². The smallest absolute Gasteiger partial charge is 0.0718 e. The number of carboxylic acids is 1. The third-order valence-electron chi connectivity index (χ3n) is 5.25. The highest BCUT2D eigenvalue weighted by Crippen LogP contribution is 2.50. The Hall–Kier alpha value is -2.26. The van der Waals surface area contributed by atoms with E-state index in [1.807, 2.05) is 37.3 Å². The second-order valence-electron chi connectivity index (χ2n) is 6.52. The number of fused-ring (bicyclic) bond motifs is 3. The first kappa shape index (κ1) is 15.3. The number of anilines is 1. The van der Waals surface area contributed by atoms with Gasteiger partial charge in [0.05, 0.1) is 12.0 Å². The molecule has 0 amide bonds. The van der Waals surface area contributed by atoms with Crippen LogP contribution < -0.4 is 10.4 Å². The lowest BCUT2D eigenvalue weighted by Crippen LogP contribution is -2.31. The van der Waals surface area contributed by atoms with E-state index in [0.29, 0.717) is 16.9 Å². The molecule has 24 heavy (non-hydrogen) atoms. The summed E-state index contributed by atoms with van der Waals surface area (Å²) in [5, 5.41) is 15.7. The van der Waals surface area contributed by atoms with E-state index in [2.05, 4.69) is 17.5 Å². The zero-order valence-electron chi connectivity index (χ0n) is 13.3. The maximum Gasteiger partial charge on any atom is 0.0718 e. The van der Waals surface area contributed by atoms with Crippen molar-refractivity contribution in [3.63, 3.8) is 0 Å². The Morgan fingerprint density at radius 1 is 1.21 bits per heavy atom. The molecule has 4 heteroatoms. The summed E-state index contributed by atoms with van der Waals surface area (Å²) < 4.78 is 0. The van der Waals surface area contributed by atoms with Crippen LogP contribution in [-0.2, 0) is 0 Å². The van der Waals surface area contributed by atoms with Gasteiger partial charge in [-0.15, -0.1) is 0 Å². The van der Waals surface area contributed by atoms with Gasteiger partial charge in [-0.3, -0.25) is 0 Å². The molecule has 3 atom stereocenters. The fourth-order valence-corrected chi connectivity index (χ4v) is 4.16. The van der Waals surface area contributed by atoms with Gasteiger partial charge in [-0.1, -0.05) is 48.0 Å². The van der Waals surface area contributed by atoms with Gasteiger partial charge in [0.15, 0.2) is 0 Å². The number of allylic oxidation sites excluding steroid dienone is 2. The highest BCUT2D eigenvalue weighted by molar-refractivity contribution is 6.30. The molecule has 1 aliphatic carbocycles. The Bertz CT molecular complexity index is 841. The fraction of sp³-hybridized carbons (Fsp3) is 0.250. The predicted molar refractivity (Wildman–Crippen MR) is 93.3 cm³/mol. The van der Waals surface area contributed by atoms with E-state index in [0.717, 1.165) is 17.7 Å². The van der Waals surface area contributed by atoms with Gasteiger partial charge in [0.25, 0.3) is 0 Å². The molecule has 2 aromatic rings. The third-order valence-corrected chi connectivity index (χ3v) is 5.50. The van der Waals surface area contributed by atoms with Crippen LogP contribution in [0.4, 0.5) is 5.69 Å². The summed E-state index contributed by atoms with van der Waals surface area (Å²) in [6.45, 7) is 1.84. The van der Waals surface area contributed by atoms with E-state index in [1.165, 1.54) is 11.1 Å². The van der Waals surface area contributed by atoms with Gasteiger partial charge >= 0.3 is 0 Å². The Morgan fingerprint density at radius 3 is 2.67 bits per heavy atom. The van der Waals surface area contributed by atoms with E-state index >= 15 is 0 Å². The number of carbonyl (C=O) groups is 1. The van der Waals surface area contributed by atoms with Gasteiger partial charge in [0, 0.05) is 22.2 Å². The molecule has 1 N–H and O–H groups in total. The van der Waals surface area contributed by atoms with Gasteiger partial charge < -0.3 is 15.2 Å². The molecule has 122 valence electrons. The van der Waals surface area contributed by atoms with Crippen molar-refractivity contribution in [2.45, 2.75) is 25.3 Å². The lowest BCUT2D eigenvalue weighted by molar-refractivity contribution is -0.255. The number of halogens is 1. The summed E-state index contributed by atoms with van der Waals surface area (Å²) >= 11 is 6.02. The second kappa shape index (κ2) is 5.67. The Labute approximate surface area is 146 Å². The van der Waals surface area contributed by atoms with Crippen molar-refractivity contribution in [1.82, 2.24) is 0 Å². The summed E-state index contributed by atoms with van der Waals surface area (Å²) in [5.74, 6) is -0.410. The average Bonchev–Trinajstić information content (AvgIpc) is 3.05. The van der Waals surface area contributed by atoms with E-state index in [-0.39, 0.29) is 11.6 Å². The molecule has 4 rings (SSSR count). The van der Waals surface area contributed by atoms with Crippen molar-refractivity contribution >= 4 is 23.3 Å². The van der Waals surface area contributed by atoms with Crippen molar-refractivity contribution in [3.05, 3.63) is 75.8 Å². The molecule has 1 heterocycles. The first-order valence-electron chi connectivity index (χ1n) is 8.10. The average molecular weight is 339 g/mol. The van der Waals surface area contributed by atoms with Crippen LogP contribution in [0.5, 0.6) is 0 Å². The Kier molecular flexibility index (Phi) is 3.61. The molecule has 0 unspecified atom stereocenters. The molecule has 0 saturated carbocycles. The maximum absolute atomic E-state index is 11.4. The third kappa shape index (κ3) is 2.31. The zero-order chi connectivity index (χ0) is 16.8. The SMILES string of the molecule is Cc1c(C(=O)[O-])ccc2c1N[C@@H](c1ccc(Cl)cc1)[C@H]1CC=C[C@@H]21. The summed E-state index contributed by atoms with van der Waals surface area (Å²) in [5.41, 5.74) is 4.25. The number of aromatic carboxylic acids is 1. The summed E-state index contributed by atoms with van der Waals surface area (Å²) in [6.07, 6.45) is 5.47. The van der Waals surface area contributed by atoms with Gasteiger partial charge in [-0.25, -0.2) is 0 Å². The highest BCUT2D eigenvalue weighted by atomic mass is 35.5. The van der Waals surface area contributed by atoms with Crippen molar-refractivity contribution in [1.29, 1.82) is 0 Å². The largest absolute Gasteiger partial charge is 0.545 e. The molecule has 2 aromatic carbocycles. The predicted octanol–water partition coefficient (Wildman–Crippen LogP) is 3.84. The van der Waals surface area contributed by atoms with Crippen LogP contribution >= 0.6 is 11.6 Å². The number of carbonyl (C=O) groups excluding carboxylic acids is 1.